The molecule has 3 unspecified atom stereocenters. The van der Waals surface area contributed by atoms with Crippen LogP contribution in [0.5, 0.6) is 0 Å². The first kappa shape index (κ1) is 26.3. The molecule has 0 saturated heterocycles. The molecule has 182 valence electrons. The Labute approximate surface area is 204 Å². The summed E-state index contributed by atoms with van der Waals surface area (Å²) in [6, 6.07) is 15.6. The molecule has 0 aliphatic heterocycles. The van der Waals surface area contributed by atoms with E-state index in [2.05, 4.69) is 11.8 Å². The van der Waals surface area contributed by atoms with Crippen LogP contribution in [0.25, 0.3) is 22.4 Å². The summed E-state index contributed by atoms with van der Waals surface area (Å²) in [7, 11) is -3.82. The van der Waals surface area contributed by atoms with Crippen LogP contribution >= 0.6 is 8.03 Å². The molecule has 2 aromatic carbocycles. The Kier molecular flexibility index (Phi) is 7.92. The molecule has 0 aliphatic carbocycles. The van der Waals surface area contributed by atoms with Crippen LogP contribution in [-0.4, -0.2) is 37.3 Å². The summed E-state index contributed by atoms with van der Waals surface area (Å²) >= 11 is 0. The van der Waals surface area contributed by atoms with Gasteiger partial charge in [0, 0.05) is 11.1 Å². The standard InChI is InChI=1S/C27H27FNO5P/c1-16(2)25-22(12-13-27(18(4)30,26(31)32)35(33)34)23(21-11-10-20(28)14-17(21)3)15-24(29-25)19-8-6-5-7-9-19/h5-11,14-16,18,30,35H,1-4H3,(H,31,32)(H,33,34). The maximum atomic E-state index is 13.9. The van der Waals surface area contributed by atoms with Gasteiger partial charge in [-0.15, -0.1) is 0 Å². The number of benzene rings is 2. The fourth-order valence-electron chi connectivity index (χ4n) is 3.83. The first-order valence-corrected chi connectivity index (χ1v) is 12.4. The normalized spacial score (nSPS) is 14.5. The summed E-state index contributed by atoms with van der Waals surface area (Å²) in [6.45, 7) is 6.67. The van der Waals surface area contributed by atoms with Crippen molar-refractivity contribution in [2.45, 2.75) is 44.9 Å². The molecule has 1 heterocycles. The van der Waals surface area contributed by atoms with Crippen molar-refractivity contribution in [2.24, 2.45) is 0 Å². The van der Waals surface area contributed by atoms with Gasteiger partial charge in [0.05, 0.1) is 23.1 Å². The van der Waals surface area contributed by atoms with Crippen molar-refractivity contribution in [3.63, 3.8) is 0 Å². The van der Waals surface area contributed by atoms with Gasteiger partial charge in [-0.05, 0) is 49.1 Å². The number of pyridine rings is 1. The Morgan fingerprint density at radius 1 is 1.09 bits per heavy atom. The number of nitrogens with zero attached hydrogens (tertiary/aromatic N) is 1. The largest absolute Gasteiger partial charge is 0.480 e. The molecule has 0 aliphatic rings. The minimum absolute atomic E-state index is 0.153. The Bertz CT molecular complexity index is 1330. The number of rotatable bonds is 6. The quantitative estimate of drug-likeness (QED) is 0.328. The van der Waals surface area contributed by atoms with Gasteiger partial charge in [0.15, 0.2) is 0 Å². The van der Waals surface area contributed by atoms with Crippen LogP contribution in [0, 0.1) is 24.6 Å². The molecule has 3 aromatic rings. The van der Waals surface area contributed by atoms with Crippen molar-refractivity contribution in [3.8, 4) is 34.2 Å². The first-order chi connectivity index (χ1) is 16.5. The SMILES string of the molecule is Cc1cc(F)ccc1-c1cc(-c2ccccc2)nc(C(C)C)c1C#CC(C(=O)O)(C(C)O)[PH](=O)O. The monoisotopic (exact) mass is 495 g/mol. The highest BCUT2D eigenvalue weighted by Crippen LogP contribution is 2.39. The third-order valence-corrected chi connectivity index (χ3v) is 7.26. The number of aryl methyl sites for hydroxylation is 1. The highest BCUT2D eigenvalue weighted by Gasteiger charge is 2.48. The number of hydrogen-bond donors (Lipinski definition) is 3. The molecular weight excluding hydrogens is 468 g/mol. The summed E-state index contributed by atoms with van der Waals surface area (Å²) in [5.74, 6) is 2.95. The van der Waals surface area contributed by atoms with Crippen LogP contribution in [0.15, 0.2) is 54.6 Å². The van der Waals surface area contributed by atoms with Crippen molar-refractivity contribution in [3.05, 3.63) is 77.2 Å². The van der Waals surface area contributed by atoms with E-state index in [0.29, 0.717) is 33.6 Å². The molecule has 0 bridgehead atoms. The van der Waals surface area contributed by atoms with Crippen LogP contribution in [0.1, 0.15) is 43.5 Å². The average Bonchev–Trinajstić information content (AvgIpc) is 2.79. The van der Waals surface area contributed by atoms with Crippen LogP contribution in [0.2, 0.25) is 0 Å². The van der Waals surface area contributed by atoms with Gasteiger partial charge in [0.1, 0.15) is 5.82 Å². The topological polar surface area (TPSA) is 108 Å². The highest BCUT2D eigenvalue weighted by molar-refractivity contribution is 7.42. The summed E-state index contributed by atoms with van der Waals surface area (Å²) in [5, 5.41) is 17.3. The van der Waals surface area contributed by atoms with E-state index in [1.807, 2.05) is 44.2 Å². The zero-order valence-corrected chi connectivity index (χ0v) is 20.8. The number of carboxylic acids is 1. The van der Waals surface area contributed by atoms with Crippen molar-refractivity contribution in [1.82, 2.24) is 4.98 Å². The van der Waals surface area contributed by atoms with Crippen molar-refractivity contribution >= 4 is 14.0 Å². The molecule has 0 spiro atoms. The Hall–Kier alpha value is -3.30. The lowest BCUT2D eigenvalue weighted by molar-refractivity contribution is -0.141. The summed E-state index contributed by atoms with van der Waals surface area (Å²) in [6.07, 6.45) is -1.71. The van der Waals surface area contributed by atoms with Gasteiger partial charge in [-0.1, -0.05) is 62.1 Å². The van der Waals surface area contributed by atoms with Crippen molar-refractivity contribution < 1.29 is 28.9 Å². The van der Waals surface area contributed by atoms with Crippen LogP contribution in [0.4, 0.5) is 4.39 Å². The van der Waals surface area contributed by atoms with Gasteiger partial charge in [-0.2, -0.15) is 0 Å². The lowest BCUT2D eigenvalue weighted by atomic mass is 9.90. The Balaban J connectivity index is 2.43. The van der Waals surface area contributed by atoms with Gasteiger partial charge < -0.3 is 15.1 Å². The van der Waals surface area contributed by atoms with Crippen molar-refractivity contribution in [2.75, 3.05) is 0 Å². The molecule has 3 N–H and O–H groups in total. The molecule has 3 rings (SSSR count). The second-order valence-corrected chi connectivity index (χ2v) is 10.0. The first-order valence-electron chi connectivity index (χ1n) is 11.0. The molecule has 8 heteroatoms. The third-order valence-electron chi connectivity index (χ3n) is 5.83. The second kappa shape index (κ2) is 10.5. The summed E-state index contributed by atoms with van der Waals surface area (Å²) in [4.78, 5) is 26.6. The molecular formula is C27H27FNO5P. The zero-order chi connectivity index (χ0) is 25.9. The lowest BCUT2D eigenvalue weighted by Crippen LogP contribution is -2.43. The van der Waals surface area contributed by atoms with Gasteiger partial charge in [0.25, 0.3) is 0 Å². The average molecular weight is 495 g/mol. The van der Waals surface area contributed by atoms with E-state index in [9.17, 15) is 28.9 Å². The molecule has 6 nitrogen and oxygen atoms in total. The summed E-state index contributed by atoms with van der Waals surface area (Å²) < 4.78 is 26.0. The number of aliphatic carboxylic acids is 1. The Morgan fingerprint density at radius 2 is 1.74 bits per heavy atom. The lowest BCUT2D eigenvalue weighted by Gasteiger charge is -2.23. The van der Waals surface area contributed by atoms with Crippen LogP contribution in [0.3, 0.4) is 0 Å². The van der Waals surface area contributed by atoms with E-state index >= 15 is 0 Å². The molecule has 0 radical (unpaired) electrons. The van der Waals surface area contributed by atoms with Crippen LogP contribution in [-0.2, 0) is 9.36 Å². The number of carbonyl (C=O) groups is 1. The molecule has 0 amide bonds. The Morgan fingerprint density at radius 3 is 2.26 bits per heavy atom. The predicted octanol–water partition coefficient (Wildman–Crippen LogP) is 5.01. The summed E-state index contributed by atoms with van der Waals surface area (Å²) in [5.41, 5.74) is 4.25. The molecule has 0 fully saturated rings. The number of aromatic nitrogens is 1. The fourth-order valence-corrected chi connectivity index (χ4v) is 4.54. The van der Waals surface area contributed by atoms with Gasteiger partial charge in [0.2, 0.25) is 13.2 Å². The van der Waals surface area contributed by atoms with Gasteiger partial charge in [-0.25, -0.2) is 9.18 Å². The number of halogens is 1. The fraction of sp³-hybridized carbons (Fsp3) is 0.259. The number of aliphatic hydroxyl groups excluding tert-OH is 1. The number of hydrogen-bond acceptors (Lipinski definition) is 4. The third kappa shape index (κ3) is 5.21. The van der Waals surface area contributed by atoms with E-state index < -0.39 is 31.1 Å². The van der Waals surface area contributed by atoms with E-state index in [4.69, 9.17) is 4.98 Å². The van der Waals surface area contributed by atoms with Gasteiger partial charge >= 0.3 is 5.97 Å². The maximum absolute atomic E-state index is 13.9. The van der Waals surface area contributed by atoms with Crippen molar-refractivity contribution in [1.29, 1.82) is 0 Å². The van der Waals surface area contributed by atoms with E-state index in [0.717, 1.165) is 12.5 Å². The molecule has 1 aromatic heterocycles. The zero-order valence-electron chi connectivity index (χ0n) is 19.8. The van der Waals surface area contributed by atoms with E-state index in [1.54, 1.807) is 19.1 Å². The minimum atomic E-state index is -3.82. The molecule has 0 saturated carbocycles. The van der Waals surface area contributed by atoms with Gasteiger partial charge in [-0.3, -0.25) is 9.55 Å². The molecule has 35 heavy (non-hydrogen) atoms. The smallest absolute Gasteiger partial charge is 0.334 e. The highest BCUT2D eigenvalue weighted by atomic mass is 31.1. The second-order valence-electron chi connectivity index (χ2n) is 8.64. The molecule has 3 atom stereocenters. The van der Waals surface area contributed by atoms with E-state index in [1.165, 1.54) is 12.1 Å². The van der Waals surface area contributed by atoms with Crippen LogP contribution < -0.4 is 0 Å². The van der Waals surface area contributed by atoms with E-state index in [-0.39, 0.29) is 5.92 Å². The predicted molar refractivity (Wildman–Crippen MR) is 134 cm³/mol. The maximum Gasteiger partial charge on any atom is 0.334 e. The number of aliphatic hydroxyl groups is 1. The minimum Gasteiger partial charge on any atom is -0.480 e. The number of carboxylic acid groups (broad SMARTS) is 1.